The van der Waals surface area contributed by atoms with E-state index in [4.69, 9.17) is 14.2 Å². The van der Waals surface area contributed by atoms with Crippen LogP contribution in [-0.4, -0.2) is 44.3 Å². The van der Waals surface area contributed by atoms with Gasteiger partial charge in [0.25, 0.3) is 0 Å². The molecular weight excluding hydrogens is 344 g/mol. The minimum atomic E-state index is -0.0602. The van der Waals surface area contributed by atoms with Crippen molar-refractivity contribution in [3.63, 3.8) is 0 Å². The van der Waals surface area contributed by atoms with Crippen LogP contribution in [-0.2, 0) is 19.4 Å². The molecule has 0 fully saturated rings. The summed E-state index contributed by atoms with van der Waals surface area (Å²) in [5.74, 6) is 2.34. The first-order chi connectivity index (χ1) is 13.2. The molecule has 0 saturated carbocycles. The third-order valence-corrected chi connectivity index (χ3v) is 5.20. The topological polar surface area (TPSA) is 60.0 Å². The van der Waals surface area contributed by atoms with E-state index in [2.05, 4.69) is 11.4 Å². The number of hydrogen-bond acceptors (Lipinski definition) is 4. The van der Waals surface area contributed by atoms with Gasteiger partial charge in [-0.15, -0.1) is 0 Å². The molecule has 142 valence electrons. The number of nitrogens with zero attached hydrogens (tertiary/aromatic N) is 1. The van der Waals surface area contributed by atoms with E-state index in [0.717, 1.165) is 29.9 Å². The van der Waals surface area contributed by atoms with Gasteiger partial charge in [0.05, 0.1) is 20.8 Å². The number of urea groups is 1. The number of amides is 2. The van der Waals surface area contributed by atoms with E-state index in [1.807, 2.05) is 35.2 Å². The number of fused-ring (bicyclic) bond motifs is 2. The van der Waals surface area contributed by atoms with Gasteiger partial charge < -0.3 is 24.4 Å². The summed E-state index contributed by atoms with van der Waals surface area (Å²) >= 11 is 0. The number of carbonyl (C=O) groups is 1. The molecule has 0 radical (unpaired) electrons. The van der Waals surface area contributed by atoms with Crippen molar-refractivity contribution < 1.29 is 19.0 Å². The number of methoxy groups -OCH3 is 2. The van der Waals surface area contributed by atoms with Crippen molar-refractivity contribution in [3.8, 4) is 17.2 Å². The van der Waals surface area contributed by atoms with E-state index in [-0.39, 0.29) is 12.1 Å². The molecule has 2 heterocycles. The SMILES string of the molecule is COc1cc2c(cc1OC)CN(C(=O)NC[C@@H]1Cc3ccccc3O1)CC2. The molecule has 0 unspecified atom stereocenters. The van der Waals surface area contributed by atoms with Crippen LogP contribution in [0.5, 0.6) is 17.2 Å². The van der Waals surface area contributed by atoms with Gasteiger partial charge in [0.1, 0.15) is 11.9 Å². The summed E-state index contributed by atoms with van der Waals surface area (Å²) in [6.45, 7) is 1.75. The van der Waals surface area contributed by atoms with Gasteiger partial charge in [0.2, 0.25) is 0 Å². The van der Waals surface area contributed by atoms with Crippen LogP contribution < -0.4 is 19.5 Å². The zero-order valence-corrected chi connectivity index (χ0v) is 15.7. The molecule has 0 aliphatic carbocycles. The third kappa shape index (κ3) is 3.52. The fourth-order valence-electron chi connectivity index (χ4n) is 3.74. The van der Waals surface area contributed by atoms with Gasteiger partial charge in [0.15, 0.2) is 11.5 Å². The average Bonchev–Trinajstić information content (AvgIpc) is 3.13. The lowest BCUT2D eigenvalue weighted by Gasteiger charge is -2.30. The maximum absolute atomic E-state index is 12.6. The highest BCUT2D eigenvalue weighted by Crippen LogP contribution is 2.33. The Hall–Kier alpha value is -2.89. The van der Waals surface area contributed by atoms with Crippen LogP contribution in [0.25, 0.3) is 0 Å². The second kappa shape index (κ2) is 7.39. The van der Waals surface area contributed by atoms with E-state index in [0.29, 0.717) is 25.4 Å². The first-order valence-electron chi connectivity index (χ1n) is 9.19. The summed E-state index contributed by atoms with van der Waals surface area (Å²) in [5.41, 5.74) is 3.49. The van der Waals surface area contributed by atoms with Crippen LogP contribution in [0.1, 0.15) is 16.7 Å². The maximum atomic E-state index is 12.6. The quantitative estimate of drug-likeness (QED) is 0.902. The first kappa shape index (κ1) is 17.5. The third-order valence-electron chi connectivity index (χ3n) is 5.20. The first-order valence-corrected chi connectivity index (χ1v) is 9.19. The molecule has 2 aromatic rings. The lowest BCUT2D eigenvalue weighted by atomic mass is 9.99. The van der Waals surface area contributed by atoms with Gasteiger partial charge in [-0.3, -0.25) is 0 Å². The second-order valence-corrected chi connectivity index (χ2v) is 6.89. The average molecular weight is 368 g/mol. The fourth-order valence-corrected chi connectivity index (χ4v) is 3.74. The highest BCUT2D eigenvalue weighted by atomic mass is 16.5. The summed E-state index contributed by atoms with van der Waals surface area (Å²) in [6, 6.07) is 11.9. The molecular formula is C21H24N2O4. The molecule has 4 rings (SSSR count). The molecule has 2 aliphatic rings. The predicted molar refractivity (Wildman–Crippen MR) is 102 cm³/mol. The van der Waals surface area contributed by atoms with E-state index >= 15 is 0 Å². The lowest BCUT2D eigenvalue weighted by Crippen LogP contribution is -2.45. The molecule has 1 atom stereocenters. The van der Waals surface area contributed by atoms with Crippen LogP contribution in [0.2, 0.25) is 0 Å². The maximum Gasteiger partial charge on any atom is 0.317 e. The summed E-state index contributed by atoms with van der Waals surface area (Å²) in [6.07, 6.45) is 1.62. The van der Waals surface area contributed by atoms with Crippen molar-refractivity contribution in [1.82, 2.24) is 10.2 Å². The highest BCUT2D eigenvalue weighted by molar-refractivity contribution is 5.74. The van der Waals surface area contributed by atoms with Gasteiger partial charge in [-0.1, -0.05) is 18.2 Å². The second-order valence-electron chi connectivity index (χ2n) is 6.89. The van der Waals surface area contributed by atoms with Gasteiger partial charge >= 0.3 is 6.03 Å². The van der Waals surface area contributed by atoms with Gasteiger partial charge in [-0.25, -0.2) is 4.79 Å². The van der Waals surface area contributed by atoms with E-state index in [1.54, 1.807) is 14.2 Å². The summed E-state index contributed by atoms with van der Waals surface area (Å²) in [4.78, 5) is 14.4. The molecule has 6 nitrogen and oxygen atoms in total. The largest absolute Gasteiger partial charge is 0.493 e. The molecule has 2 aromatic carbocycles. The van der Waals surface area contributed by atoms with Crippen molar-refractivity contribution in [2.45, 2.75) is 25.5 Å². The van der Waals surface area contributed by atoms with Crippen LogP contribution in [0.3, 0.4) is 0 Å². The smallest absolute Gasteiger partial charge is 0.317 e. The number of hydrogen-bond donors (Lipinski definition) is 1. The monoisotopic (exact) mass is 368 g/mol. The summed E-state index contributed by atoms with van der Waals surface area (Å²) in [5, 5.41) is 3.02. The number of rotatable bonds is 4. The predicted octanol–water partition coefficient (Wildman–Crippen LogP) is 2.78. The number of ether oxygens (including phenoxy) is 3. The molecule has 27 heavy (non-hydrogen) atoms. The Bertz CT molecular complexity index is 827. The van der Waals surface area contributed by atoms with Crippen molar-refractivity contribution in [2.24, 2.45) is 0 Å². The Balaban J connectivity index is 1.36. The van der Waals surface area contributed by atoms with Gasteiger partial charge in [-0.05, 0) is 41.3 Å². The van der Waals surface area contributed by atoms with E-state index in [9.17, 15) is 4.79 Å². The zero-order valence-electron chi connectivity index (χ0n) is 15.7. The van der Waals surface area contributed by atoms with Crippen molar-refractivity contribution in [1.29, 1.82) is 0 Å². The Kier molecular flexibility index (Phi) is 4.79. The van der Waals surface area contributed by atoms with Crippen molar-refractivity contribution in [3.05, 3.63) is 53.1 Å². The summed E-state index contributed by atoms with van der Waals surface area (Å²) < 4.78 is 16.6. The Morgan fingerprint density at radius 3 is 2.63 bits per heavy atom. The number of nitrogens with one attached hydrogen (secondary N) is 1. The Morgan fingerprint density at radius 2 is 1.89 bits per heavy atom. The molecule has 0 saturated heterocycles. The van der Waals surface area contributed by atoms with Crippen LogP contribution in [0.4, 0.5) is 4.79 Å². The minimum absolute atomic E-state index is 0.00668. The van der Waals surface area contributed by atoms with E-state index in [1.165, 1.54) is 11.1 Å². The molecule has 0 aromatic heterocycles. The van der Waals surface area contributed by atoms with Gasteiger partial charge in [0, 0.05) is 19.5 Å². The van der Waals surface area contributed by atoms with Crippen LogP contribution in [0.15, 0.2) is 36.4 Å². The molecule has 1 N–H and O–H groups in total. The minimum Gasteiger partial charge on any atom is -0.493 e. The molecule has 0 bridgehead atoms. The molecule has 0 spiro atoms. The van der Waals surface area contributed by atoms with Crippen LogP contribution >= 0.6 is 0 Å². The number of carbonyl (C=O) groups excluding carboxylic acids is 1. The molecule has 6 heteroatoms. The Morgan fingerprint density at radius 1 is 1.15 bits per heavy atom. The summed E-state index contributed by atoms with van der Waals surface area (Å²) in [7, 11) is 3.26. The Labute approximate surface area is 159 Å². The standard InChI is InChI=1S/C21H24N2O4/c1-25-19-10-14-7-8-23(13-16(14)11-20(19)26-2)21(24)22-12-17-9-15-5-3-4-6-18(15)27-17/h3-6,10-11,17H,7-9,12-13H2,1-2H3,(H,22,24)/t17-/m0/s1. The number of para-hydroxylation sites is 1. The highest BCUT2D eigenvalue weighted by Gasteiger charge is 2.26. The van der Waals surface area contributed by atoms with Gasteiger partial charge in [-0.2, -0.15) is 0 Å². The van der Waals surface area contributed by atoms with E-state index < -0.39 is 0 Å². The van der Waals surface area contributed by atoms with Crippen molar-refractivity contribution in [2.75, 3.05) is 27.3 Å². The fraction of sp³-hybridized carbons (Fsp3) is 0.381. The zero-order chi connectivity index (χ0) is 18.8. The normalized spacial score (nSPS) is 17.6. The number of benzene rings is 2. The lowest BCUT2D eigenvalue weighted by molar-refractivity contribution is 0.180. The van der Waals surface area contributed by atoms with Crippen molar-refractivity contribution >= 4 is 6.03 Å². The molecule has 2 amide bonds. The molecule has 2 aliphatic heterocycles. The van der Waals surface area contributed by atoms with Crippen LogP contribution in [0, 0.1) is 0 Å².